The van der Waals surface area contributed by atoms with Crippen LogP contribution in [0.1, 0.15) is 38.3 Å². The van der Waals surface area contributed by atoms with Crippen LogP contribution in [0.15, 0.2) is 65.1 Å². The van der Waals surface area contributed by atoms with Gasteiger partial charge >= 0.3 is 0 Å². The Morgan fingerprint density at radius 2 is 1.88 bits per heavy atom. The minimum atomic E-state index is -0.433. The molecule has 172 valence electrons. The smallest absolute Gasteiger partial charge is 0.256 e. The van der Waals surface area contributed by atoms with E-state index in [0.29, 0.717) is 21.6 Å². The van der Waals surface area contributed by atoms with Crippen molar-refractivity contribution in [2.45, 2.75) is 25.7 Å². The van der Waals surface area contributed by atoms with Gasteiger partial charge < -0.3 is 15.1 Å². The van der Waals surface area contributed by atoms with E-state index in [1.165, 1.54) is 16.0 Å². The lowest BCUT2D eigenvalue weighted by Gasteiger charge is -2.28. The van der Waals surface area contributed by atoms with Gasteiger partial charge in [-0.3, -0.25) is 9.69 Å². The SMILES string of the molecule is O=C1N[C@H](c2ccc(-c3ccc(Cl)c(Cl)c3)o2)Nc2sc3c(c21)CCN(Cc1ccccc1)C3. The molecule has 1 amide bonds. The Balaban J connectivity index is 1.22. The normalized spacial score (nSPS) is 17.6. The quantitative estimate of drug-likeness (QED) is 0.320. The number of benzene rings is 2. The fourth-order valence-corrected chi connectivity index (χ4v) is 6.21. The second-order valence-corrected chi connectivity index (χ2v) is 10.5. The number of carbonyl (C=O) groups is 1. The first-order valence-corrected chi connectivity index (χ1v) is 12.7. The van der Waals surface area contributed by atoms with Crippen molar-refractivity contribution in [1.82, 2.24) is 10.2 Å². The Morgan fingerprint density at radius 1 is 1.03 bits per heavy atom. The Bertz CT molecular complexity index is 1380. The zero-order chi connectivity index (χ0) is 23.2. The van der Waals surface area contributed by atoms with E-state index in [-0.39, 0.29) is 5.91 Å². The number of halogens is 2. The van der Waals surface area contributed by atoms with Gasteiger partial charge in [0, 0.05) is 30.1 Å². The fraction of sp³-hybridized carbons (Fsp3) is 0.192. The zero-order valence-corrected chi connectivity index (χ0v) is 20.4. The lowest BCUT2D eigenvalue weighted by molar-refractivity contribution is 0.0930. The number of nitrogens with one attached hydrogen (secondary N) is 2. The first kappa shape index (κ1) is 21.7. The van der Waals surface area contributed by atoms with Gasteiger partial charge in [-0.25, -0.2) is 0 Å². The number of rotatable bonds is 4. The van der Waals surface area contributed by atoms with Crippen LogP contribution in [0.25, 0.3) is 11.3 Å². The Hall–Kier alpha value is -2.77. The molecule has 1 atom stereocenters. The molecule has 4 aromatic rings. The van der Waals surface area contributed by atoms with Crippen LogP contribution in [0.5, 0.6) is 0 Å². The number of fused-ring (bicyclic) bond motifs is 3. The molecular weight excluding hydrogens is 489 g/mol. The Morgan fingerprint density at radius 3 is 2.71 bits per heavy atom. The first-order valence-electron chi connectivity index (χ1n) is 11.1. The zero-order valence-electron chi connectivity index (χ0n) is 18.1. The number of hydrogen-bond acceptors (Lipinski definition) is 5. The van der Waals surface area contributed by atoms with Gasteiger partial charge in [-0.2, -0.15) is 0 Å². The summed E-state index contributed by atoms with van der Waals surface area (Å²) in [6, 6.07) is 19.6. The van der Waals surface area contributed by atoms with Crippen LogP contribution in [0.3, 0.4) is 0 Å². The molecule has 0 saturated heterocycles. The molecule has 6 rings (SSSR count). The summed E-state index contributed by atoms with van der Waals surface area (Å²) in [6.07, 6.45) is 0.438. The monoisotopic (exact) mass is 509 g/mol. The maximum Gasteiger partial charge on any atom is 0.256 e. The van der Waals surface area contributed by atoms with E-state index >= 15 is 0 Å². The lowest BCUT2D eigenvalue weighted by atomic mass is 10.0. The van der Waals surface area contributed by atoms with Crippen LogP contribution in [0.4, 0.5) is 5.00 Å². The summed E-state index contributed by atoms with van der Waals surface area (Å²) >= 11 is 13.9. The molecule has 34 heavy (non-hydrogen) atoms. The van der Waals surface area contributed by atoms with Crippen LogP contribution < -0.4 is 10.6 Å². The first-order chi connectivity index (χ1) is 16.5. The average molecular weight is 510 g/mol. The van der Waals surface area contributed by atoms with E-state index in [1.807, 2.05) is 24.3 Å². The molecule has 2 aliphatic heterocycles. The number of thiophene rings is 1. The van der Waals surface area contributed by atoms with Crippen LogP contribution in [0.2, 0.25) is 10.0 Å². The van der Waals surface area contributed by atoms with Crippen molar-refractivity contribution in [3.8, 4) is 11.3 Å². The highest BCUT2D eigenvalue weighted by Gasteiger charge is 2.34. The van der Waals surface area contributed by atoms with E-state index in [2.05, 4.69) is 39.8 Å². The second kappa shape index (κ2) is 8.78. The van der Waals surface area contributed by atoms with Gasteiger partial charge in [0.25, 0.3) is 5.91 Å². The summed E-state index contributed by atoms with van der Waals surface area (Å²) in [5, 5.41) is 8.42. The summed E-state index contributed by atoms with van der Waals surface area (Å²) in [6.45, 7) is 2.70. The minimum absolute atomic E-state index is 0.0553. The topological polar surface area (TPSA) is 57.5 Å². The molecule has 2 aromatic heterocycles. The molecule has 0 fully saturated rings. The molecule has 2 aromatic carbocycles. The summed E-state index contributed by atoms with van der Waals surface area (Å²) < 4.78 is 6.07. The van der Waals surface area contributed by atoms with Crippen LogP contribution in [0, 0.1) is 0 Å². The summed E-state index contributed by atoms with van der Waals surface area (Å²) in [7, 11) is 0. The number of nitrogens with zero attached hydrogens (tertiary/aromatic N) is 1. The highest BCUT2D eigenvalue weighted by molar-refractivity contribution is 7.16. The van der Waals surface area contributed by atoms with E-state index in [9.17, 15) is 4.79 Å². The molecule has 5 nitrogen and oxygen atoms in total. The van der Waals surface area contributed by atoms with Crippen molar-refractivity contribution in [3.63, 3.8) is 0 Å². The number of furan rings is 1. The minimum Gasteiger partial charge on any atom is -0.457 e. The second-order valence-electron chi connectivity index (χ2n) is 8.54. The van der Waals surface area contributed by atoms with Crippen molar-refractivity contribution < 1.29 is 9.21 Å². The van der Waals surface area contributed by atoms with E-state index in [0.717, 1.165) is 42.2 Å². The fourth-order valence-electron chi connectivity index (χ4n) is 4.60. The van der Waals surface area contributed by atoms with Gasteiger partial charge in [0.15, 0.2) is 6.17 Å². The number of hydrogen-bond donors (Lipinski definition) is 2. The average Bonchev–Trinajstić information content (AvgIpc) is 3.46. The standard InChI is InChI=1S/C26H21Cl2N3O2S/c27-18-7-6-16(12-19(18)28)20-8-9-21(33-20)24-29-25(32)23-17-10-11-31(13-15-4-2-1-3-5-15)14-22(17)34-26(23)30-24/h1-9,12,24,30H,10-11,13-14H2,(H,29,32)/t24-/m0/s1. The number of anilines is 1. The molecule has 2 N–H and O–H groups in total. The third-order valence-corrected chi connectivity index (χ3v) is 8.17. The maximum absolute atomic E-state index is 13.1. The maximum atomic E-state index is 13.1. The molecule has 0 aliphatic carbocycles. The molecule has 2 aliphatic rings. The van der Waals surface area contributed by atoms with Gasteiger partial charge in [-0.1, -0.05) is 53.5 Å². The predicted molar refractivity (Wildman–Crippen MR) is 137 cm³/mol. The molecule has 0 bridgehead atoms. The van der Waals surface area contributed by atoms with Crippen molar-refractivity contribution in [3.05, 3.63) is 98.0 Å². The number of amides is 1. The van der Waals surface area contributed by atoms with Crippen molar-refractivity contribution in [1.29, 1.82) is 0 Å². The van der Waals surface area contributed by atoms with Gasteiger partial charge in [-0.15, -0.1) is 11.3 Å². The summed E-state index contributed by atoms with van der Waals surface area (Å²) in [5.41, 5.74) is 4.09. The third-order valence-electron chi connectivity index (χ3n) is 6.28. The van der Waals surface area contributed by atoms with Gasteiger partial charge in [-0.05, 0) is 47.9 Å². The largest absolute Gasteiger partial charge is 0.457 e. The Labute approximate surface area is 211 Å². The summed E-state index contributed by atoms with van der Waals surface area (Å²) in [4.78, 5) is 16.8. The van der Waals surface area contributed by atoms with Crippen LogP contribution in [-0.4, -0.2) is 17.4 Å². The van der Waals surface area contributed by atoms with E-state index in [4.69, 9.17) is 27.6 Å². The van der Waals surface area contributed by atoms with Crippen LogP contribution in [-0.2, 0) is 19.5 Å². The lowest BCUT2D eigenvalue weighted by Crippen LogP contribution is -2.38. The summed E-state index contributed by atoms with van der Waals surface area (Å²) in [5.74, 6) is 1.25. The van der Waals surface area contributed by atoms with Crippen LogP contribution >= 0.6 is 34.5 Å². The van der Waals surface area contributed by atoms with E-state index in [1.54, 1.807) is 23.5 Å². The molecule has 4 heterocycles. The van der Waals surface area contributed by atoms with Crippen molar-refractivity contribution in [2.24, 2.45) is 0 Å². The molecular formula is C26H21Cl2N3O2S. The van der Waals surface area contributed by atoms with Gasteiger partial charge in [0.2, 0.25) is 0 Å². The van der Waals surface area contributed by atoms with Gasteiger partial charge in [0.05, 0.1) is 15.6 Å². The molecule has 8 heteroatoms. The van der Waals surface area contributed by atoms with Crippen molar-refractivity contribution in [2.75, 3.05) is 11.9 Å². The molecule has 0 unspecified atom stereocenters. The third kappa shape index (κ3) is 4.01. The molecule has 0 saturated carbocycles. The predicted octanol–water partition coefficient (Wildman–Crippen LogP) is 6.73. The molecule has 0 radical (unpaired) electrons. The highest BCUT2D eigenvalue weighted by Crippen LogP contribution is 2.41. The van der Waals surface area contributed by atoms with E-state index < -0.39 is 6.17 Å². The van der Waals surface area contributed by atoms with Crippen molar-refractivity contribution >= 4 is 45.4 Å². The highest BCUT2D eigenvalue weighted by atomic mass is 35.5. The number of carbonyl (C=O) groups excluding carboxylic acids is 1. The molecule has 0 spiro atoms. The Kier molecular flexibility index (Phi) is 5.62. The van der Waals surface area contributed by atoms with Gasteiger partial charge in [0.1, 0.15) is 16.5 Å².